The molecule has 2 fully saturated rings. The number of carbonyl (C=O) groups is 4. The Morgan fingerprint density at radius 3 is 2.54 bits per heavy atom. The summed E-state index contributed by atoms with van der Waals surface area (Å²) in [6.07, 6.45) is 0.965. The van der Waals surface area contributed by atoms with Crippen molar-refractivity contribution in [2.75, 3.05) is 13.1 Å². The zero-order valence-electron chi connectivity index (χ0n) is 14.7. The lowest BCUT2D eigenvalue weighted by Crippen LogP contribution is -2.47. The molecule has 0 aliphatic carbocycles. The molecule has 4 amide bonds. The van der Waals surface area contributed by atoms with Crippen LogP contribution in [0.5, 0.6) is 0 Å². The van der Waals surface area contributed by atoms with Crippen LogP contribution >= 0.6 is 0 Å². The number of hydrogen-bond donors (Lipinski definition) is 2. The minimum absolute atomic E-state index is 0.314. The molecule has 0 bridgehead atoms. The highest BCUT2D eigenvalue weighted by molar-refractivity contribution is 6.09. The Bertz CT molecular complexity index is 776. The number of hydrogen-bond acceptors (Lipinski definition) is 4. The van der Waals surface area contributed by atoms with Crippen molar-refractivity contribution >= 4 is 23.8 Å². The van der Waals surface area contributed by atoms with E-state index in [1.54, 1.807) is 19.1 Å². The molecule has 2 atom stereocenters. The zero-order valence-corrected chi connectivity index (χ0v) is 14.7. The van der Waals surface area contributed by atoms with Crippen LogP contribution in [0.15, 0.2) is 24.3 Å². The molecule has 2 heterocycles. The van der Waals surface area contributed by atoms with Gasteiger partial charge in [0.1, 0.15) is 18.1 Å². The summed E-state index contributed by atoms with van der Waals surface area (Å²) in [5.74, 6) is -2.13. The van der Waals surface area contributed by atoms with Gasteiger partial charge in [-0.3, -0.25) is 14.5 Å². The summed E-state index contributed by atoms with van der Waals surface area (Å²) in [6.45, 7) is 3.36. The number of aliphatic carboxylic acids is 1. The molecule has 1 aromatic carbocycles. The average molecular weight is 359 g/mol. The molecule has 8 heteroatoms. The van der Waals surface area contributed by atoms with E-state index in [0.717, 1.165) is 10.5 Å². The maximum absolute atomic E-state index is 12.8. The number of carbonyl (C=O) groups excluding carboxylic acids is 3. The second kappa shape index (κ2) is 6.44. The largest absolute Gasteiger partial charge is 0.480 e. The van der Waals surface area contributed by atoms with Gasteiger partial charge in [-0.05, 0) is 32.3 Å². The third-order valence-electron chi connectivity index (χ3n) is 5.06. The van der Waals surface area contributed by atoms with Crippen molar-refractivity contribution in [3.8, 4) is 0 Å². The van der Waals surface area contributed by atoms with E-state index in [9.17, 15) is 24.3 Å². The topological polar surface area (TPSA) is 107 Å². The Balaban J connectivity index is 1.78. The monoisotopic (exact) mass is 359 g/mol. The second-order valence-corrected chi connectivity index (χ2v) is 6.90. The van der Waals surface area contributed by atoms with Gasteiger partial charge in [-0.25, -0.2) is 9.59 Å². The highest BCUT2D eigenvalue weighted by Crippen LogP contribution is 2.29. The normalized spacial score (nSPS) is 25.5. The van der Waals surface area contributed by atoms with Gasteiger partial charge in [-0.15, -0.1) is 0 Å². The van der Waals surface area contributed by atoms with Gasteiger partial charge in [0.05, 0.1) is 0 Å². The van der Waals surface area contributed by atoms with Crippen molar-refractivity contribution in [1.29, 1.82) is 0 Å². The van der Waals surface area contributed by atoms with E-state index in [0.29, 0.717) is 24.9 Å². The smallest absolute Gasteiger partial charge is 0.326 e. The number of nitrogens with zero attached hydrogens (tertiary/aromatic N) is 2. The SMILES string of the molecule is Cc1ccc(C2(C)NC(=O)N(CC(=O)N3CCC[C@@H]3C(=O)O)C2=O)cc1. The fourth-order valence-electron chi connectivity index (χ4n) is 3.47. The third-order valence-corrected chi connectivity index (χ3v) is 5.06. The van der Waals surface area contributed by atoms with Gasteiger partial charge >= 0.3 is 12.0 Å². The van der Waals surface area contributed by atoms with Gasteiger partial charge in [0, 0.05) is 6.54 Å². The van der Waals surface area contributed by atoms with E-state index in [4.69, 9.17) is 0 Å². The summed E-state index contributed by atoms with van der Waals surface area (Å²) < 4.78 is 0. The lowest BCUT2D eigenvalue weighted by Gasteiger charge is -2.25. The minimum atomic E-state index is -1.25. The quantitative estimate of drug-likeness (QED) is 0.775. The summed E-state index contributed by atoms with van der Waals surface area (Å²) in [5, 5.41) is 11.8. The summed E-state index contributed by atoms with van der Waals surface area (Å²) in [5.41, 5.74) is 0.401. The Morgan fingerprint density at radius 2 is 1.92 bits per heavy atom. The molecule has 1 aromatic rings. The van der Waals surface area contributed by atoms with Crippen LogP contribution < -0.4 is 5.32 Å². The molecule has 2 aliphatic rings. The van der Waals surface area contributed by atoms with E-state index in [1.165, 1.54) is 4.90 Å². The van der Waals surface area contributed by atoms with Crippen LogP contribution in [0.4, 0.5) is 4.79 Å². The van der Waals surface area contributed by atoms with E-state index < -0.39 is 41.9 Å². The molecular formula is C18H21N3O5. The number of rotatable bonds is 4. The molecule has 0 saturated carbocycles. The Kier molecular flexibility index (Phi) is 4.43. The number of aryl methyl sites for hydroxylation is 1. The molecule has 8 nitrogen and oxygen atoms in total. The third kappa shape index (κ3) is 2.91. The van der Waals surface area contributed by atoms with E-state index in [1.807, 2.05) is 19.1 Å². The van der Waals surface area contributed by atoms with Crippen LogP contribution in [0, 0.1) is 6.92 Å². The number of carboxylic acids is 1. The summed E-state index contributed by atoms with van der Waals surface area (Å²) in [6, 6.07) is 5.66. The maximum atomic E-state index is 12.8. The van der Waals surface area contributed by atoms with Crippen LogP contribution in [0.25, 0.3) is 0 Å². The Hall–Kier alpha value is -2.90. The first kappa shape index (κ1) is 17.9. The predicted octanol–water partition coefficient (Wildman–Crippen LogP) is 0.838. The number of amides is 4. The molecule has 2 aliphatic heterocycles. The van der Waals surface area contributed by atoms with Crippen LogP contribution in [0.3, 0.4) is 0 Å². The maximum Gasteiger partial charge on any atom is 0.326 e. The first-order chi connectivity index (χ1) is 12.2. The summed E-state index contributed by atoms with van der Waals surface area (Å²) in [7, 11) is 0. The number of benzene rings is 1. The van der Waals surface area contributed by atoms with Crippen LogP contribution in [0.1, 0.15) is 30.9 Å². The molecule has 138 valence electrons. The van der Waals surface area contributed by atoms with Gasteiger partial charge in [0.25, 0.3) is 5.91 Å². The first-order valence-corrected chi connectivity index (χ1v) is 8.47. The van der Waals surface area contributed by atoms with Crippen molar-refractivity contribution in [2.24, 2.45) is 0 Å². The molecule has 0 aromatic heterocycles. The fourth-order valence-corrected chi connectivity index (χ4v) is 3.47. The molecule has 2 saturated heterocycles. The first-order valence-electron chi connectivity index (χ1n) is 8.47. The number of likely N-dealkylation sites (tertiary alicyclic amines) is 1. The number of imide groups is 1. The van der Waals surface area contributed by atoms with E-state index in [2.05, 4.69) is 5.32 Å². The second-order valence-electron chi connectivity index (χ2n) is 6.90. The molecule has 2 N–H and O–H groups in total. The lowest BCUT2D eigenvalue weighted by molar-refractivity contribution is -0.149. The van der Waals surface area contributed by atoms with Crippen LogP contribution in [-0.2, 0) is 19.9 Å². The predicted molar refractivity (Wildman–Crippen MR) is 91.1 cm³/mol. The molecule has 3 rings (SSSR count). The molecule has 26 heavy (non-hydrogen) atoms. The van der Waals surface area contributed by atoms with Gasteiger partial charge in [-0.1, -0.05) is 29.8 Å². The summed E-state index contributed by atoms with van der Waals surface area (Å²) in [4.78, 5) is 51.0. The number of urea groups is 1. The highest BCUT2D eigenvalue weighted by Gasteiger charge is 2.50. The van der Waals surface area contributed by atoms with Crippen LogP contribution in [0.2, 0.25) is 0 Å². The van der Waals surface area contributed by atoms with E-state index >= 15 is 0 Å². The fraction of sp³-hybridized carbons (Fsp3) is 0.444. The van der Waals surface area contributed by atoms with E-state index in [-0.39, 0.29) is 0 Å². The van der Waals surface area contributed by atoms with Gasteiger partial charge in [0.2, 0.25) is 5.91 Å². The number of nitrogens with one attached hydrogen (secondary N) is 1. The standard InChI is InChI=1S/C18H21N3O5/c1-11-5-7-12(8-6-11)18(2)16(25)21(17(26)19-18)10-14(22)20-9-3-4-13(20)15(23)24/h5-8,13H,3-4,9-10H2,1-2H3,(H,19,26)(H,23,24)/t13-,18?/m1/s1. The Labute approximate surface area is 150 Å². The van der Waals surface area contributed by atoms with Crippen molar-refractivity contribution in [3.63, 3.8) is 0 Å². The highest BCUT2D eigenvalue weighted by atomic mass is 16.4. The molecule has 1 unspecified atom stereocenters. The minimum Gasteiger partial charge on any atom is -0.480 e. The molecule has 0 spiro atoms. The number of carboxylic acid groups (broad SMARTS) is 1. The molecular weight excluding hydrogens is 338 g/mol. The zero-order chi connectivity index (χ0) is 19.1. The summed E-state index contributed by atoms with van der Waals surface area (Å²) >= 11 is 0. The van der Waals surface area contributed by atoms with Crippen molar-refractivity contribution in [3.05, 3.63) is 35.4 Å². The van der Waals surface area contributed by atoms with Gasteiger partial charge in [0.15, 0.2) is 0 Å². The van der Waals surface area contributed by atoms with Crippen molar-refractivity contribution in [1.82, 2.24) is 15.1 Å². The van der Waals surface area contributed by atoms with Gasteiger partial charge in [-0.2, -0.15) is 0 Å². The van der Waals surface area contributed by atoms with Crippen molar-refractivity contribution in [2.45, 2.75) is 38.3 Å². The average Bonchev–Trinajstić information content (AvgIpc) is 3.16. The van der Waals surface area contributed by atoms with Gasteiger partial charge < -0.3 is 15.3 Å². The van der Waals surface area contributed by atoms with Crippen LogP contribution in [-0.4, -0.2) is 57.9 Å². The Morgan fingerprint density at radius 1 is 1.27 bits per heavy atom. The lowest BCUT2D eigenvalue weighted by atomic mass is 9.91. The molecule has 0 radical (unpaired) electrons. The van der Waals surface area contributed by atoms with Crippen molar-refractivity contribution < 1.29 is 24.3 Å².